The minimum Gasteiger partial charge on any atom is -0.497 e. The molecule has 3 aromatic carbocycles. The molecule has 0 saturated heterocycles. The highest BCUT2D eigenvalue weighted by atomic mass is 35.5. The van der Waals surface area contributed by atoms with Gasteiger partial charge in [0.15, 0.2) is 0 Å². The van der Waals surface area contributed by atoms with Crippen molar-refractivity contribution in [3.8, 4) is 5.75 Å². The molecule has 3 aromatic rings. The lowest BCUT2D eigenvalue weighted by Gasteiger charge is -2.24. The van der Waals surface area contributed by atoms with E-state index in [-0.39, 0.29) is 17.3 Å². The van der Waals surface area contributed by atoms with Gasteiger partial charge in [0.25, 0.3) is 10.0 Å². The van der Waals surface area contributed by atoms with Crippen molar-refractivity contribution in [2.75, 3.05) is 30.3 Å². The predicted octanol–water partition coefficient (Wildman–Crippen LogP) is 5.04. The van der Waals surface area contributed by atoms with Crippen LogP contribution in [0.2, 0.25) is 5.02 Å². The summed E-state index contributed by atoms with van der Waals surface area (Å²) in [5, 5.41) is 3.10. The maximum Gasteiger partial charge on any atom is 0.264 e. The Labute approximate surface area is 214 Å². The molecule has 6 nitrogen and oxygen atoms in total. The van der Waals surface area contributed by atoms with Gasteiger partial charge in [0.05, 0.1) is 17.7 Å². The Kier molecular flexibility index (Phi) is 9.42. The van der Waals surface area contributed by atoms with Gasteiger partial charge < -0.3 is 10.1 Å². The average Bonchev–Trinajstić information content (AvgIpc) is 2.84. The third-order valence-corrected chi connectivity index (χ3v) is 8.26. The second-order valence-electron chi connectivity index (χ2n) is 7.63. The quantitative estimate of drug-likeness (QED) is 0.347. The van der Waals surface area contributed by atoms with E-state index in [0.717, 1.165) is 9.87 Å². The number of carbonyl (C=O) groups is 1. The van der Waals surface area contributed by atoms with E-state index >= 15 is 0 Å². The molecule has 0 aliphatic heterocycles. The molecule has 3 rings (SSSR count). The molecule has 0 aliphatic rings. The first-order chi connectivity index (χ1) is 16.7. The highest BCUT2D eigenvalue weighted by Gasteiger charge is 2.27. The summed E-state index contributed by atoms with van der Waals surface area (Å²) in [4.78, 5) is 12.8. The number of benzene rings is 3. The van der Waals surface area contributed by atoms with Gasteiger partial charge in [-0.05, 0) is 55.5 Å². The molecule has 0 unspecified atom stereocenters. The molecule has 1 N–H and O–H groups in total. The highest BCUT2D eigenvalue weighted by Crippen LogP contribution is 2.26. The number of amides is 1. The van der Waals surface area contributed by atoms with Gasteiger partial charge in [0.2, 0.25) is 5.91 Å². The molecule has 0 aliphatic carbocycles. The van der Waals surface area contributed by atoms with Gasteiger partial charge in [-0.2, -0.15) is 11.8 Å². The molecule has 35 heavy (non-hydrogen) atoms. The van der Waals surface area contributed by atoms with Crippen LogP contribution < -0.4 is 14.4 Å². The largest absolute Gasteiger partial charge is 0.497 e. The number of ether oxygens (including phenoxy) is 1. The van der Waals surface area contributed by atoms with Crippen molar-refractivity contribution in [3.63, 3.8) is 0 Å². The summed E-state index contributed by atoms with van der Waals surface area (Å²) in [6.07, 6.45) is 0. The van der Waals surface area contributed by atoms with E-state index in [0.29, 0.717) is 33.5 Å². The number of hydrogen-bond acceptors (Lipinski definition) is 5. The summed E-state index contributed by atoms with van der Waals surface area (Å²) in [7, 11) is -2.48. The number of thioether (sulfide) groups is 1. The van der Waals surface area contributed by atoms with Gasteiger partial charge in [-0.15, -0.1) is 0 Å². The Morgan fingerprint density at radius 2 is 1.77 bits per heavy atom. The topological polar surface area (TPSA) is 75.7 Å². The number of aryl methyl sites for hydroxylation is 1. The van der Waals surface area contributed by atoms with Crippen molar-refractivity contribution in [2.45, 2.75) is 17.6 Å². The van der Waals surface area contributed by atoms with Crippen LogP contribution in [0.3, 0.4) is 0 Å². The maximum atomic E-state index is 13.9. The Morgan fingerprint density at radius 3 is 2.40 bits per heavy atom. The lowest BCUT2D eigenvalue weighted by Crippen LogP contribution is -2.41. The van der Waals surface area contributed by atoms with Crippen LogP contribution in [0.4, 0.5) is 10.1 Å². The van der Waals surface area contributed by atoms with E-state index in [1.165, 1.54) is 37.1 Å². The van der Waals surface area contributed by atoms with Crippen LogP contribution in [0.1, 0.15) is 11.1 Å². The number of rotatable bonds is 11. The number of nitrogens with one attached hydrogen (secondary N) is 1. The van der Waals surface area contributed by atoms with E-state index in [2.05, 4.69) is 5.32 Å². The molecule has 0 bridgehead atoms. The first kappa shape index (κ1) is 26.8. The molecule has 1 amide bonds. The summed E-state index contributed by atoms with van der Waals surface area (Å²) < 4.78 is 46.9. The Balaban J connectivity index is 1.66. The van der Waals surface area contributed by atoms with Crippen LogP contribution in [0.5, 0.6) is 5.75 Å². The average molecular weight is 537 g/mol. The number of carbonyl (C=O) groups excluding carboxylic acids is 1. The minimum atomic E-state index is -4.00. The molecular weight excluding hydrogens is 511 g/mol. The van der Waals surface area contributed by atoms with Crippen LogP contribution in [0, 0.1) is 12.7 Å². The van der Waals surface area contributed by atoms with Crippen molar-refractivity contribution < 1.29 is 22.3 Å². The van der Waals surface area contributed by atoms with Crippen molar-refractivity contribution in [1.82, 2.24) is 5.32 Å². The smallest absolute Gasteiger partial charge is 0.264 e. The Hall–Kier alpha value is -2.75. The van der Waals surface area contributed by atoms with E-state index in [1.54, 1.807) is 48.5 Å². The molecule has 0 radical (unpaired) electrons. The maximum absolute atomic E-state index is 13.9. The van der Waals surface area contributed by atoms with Gasteiger partial charge in [0.1, 0.15) is 18.1 Å². The van der Waals surface area contributed by atoms with Crippen LogP contribution in [-0.4, -0.2) is 40.3 Å². The fourth-order valence-corrected chi connectivity index (χ4v) is 5.81. The molecule has 186 valence electrons. The SMILES string of the molecule is COc1ccc(N(CC(=O)NCCSCc2c(F)cccc2Cl)S(=O)(=O)c2ccc(C)cc2)cc1. The molecule has 0 fully saturated rings. The summed E-state index contributed by atoms with van der Waals surface area (Å²) >= 11 is 7.45. The second kappa shape index (κ2) is 12.3. The van der Waals surface area contributed by atoms with Gasteiger partial charge in [-0.25, -0.2) is 12.8 Å². The third kappa shape index (κ3) is 7.13. The molecule has 0 saturated carbocycles. The van der Waals surface area contributed by atoms with E-state index < -0.39 is 22.5 Å². The van der Waals surface area contributed by atoms with Gasteiger partial charge in [0, 0.05) is 28.6 Å². The van der Waals surface area contributed by atoms with Crippen LogP contribution in [-0.2, 0) is 20.6 Å². The monoisotopic (exact) mass is 536 g/mol. The summed E-state index contributed by atoms with van der Waals surface area (Å²) in [5.74, 6) is 0.606. The van der Waals surface area contributed by atoms with E-state index in [1.807, 2.05) is 6.92 Å². The first-order valence-corrected chi connectivity index (χ1v) is 13.7. The van der Waals surface area contributed by atoms with Crippen molar-refractivity contribution in [2.24, 2.45) is 0 Å². The molecule has 0 spiro atoms. The molecule has 0 aromatic heterocycles. The van der Waals surface area contributed by atoms with Crippen LogP contribution >= 0.6 is 23.4 Å². The predicted molar refractivity (Wildman–Crippen MR) is 139 cm³/mol. The standard InChI is InChI=1S/C25H26ClFN2O4S2/c1-18-6-12-21(13-7-18)35(31,32)29(19-8-10-20(33-2)11-9-19)16-25(30)28-14-15-34-17-22-23(26)4-3-5-24(22)27/h3-13H,14-17H2,1-2H3,(H,28,30). The summed E-state index contributed by atoms with van der Waals surface area (Å²) in [6, 6.07) is 17.4. The third-order valence-electron chi connectivity index (χ3n) is 5.13. The number of nitrogens with zero attached hydrogens (tertiary/aromatic N) is 1. The van der Waals surface area contributed by atoms with Crippen LogP contribution in [0.25, 0.3) is 0 Å². The van der Waals surface area contributed by atoms with E-state index in [9.17, 15) is 17.6 Å². The zero-order valence-electron chi connectivity index (χ0n) is 19.3. The lowest BCUT2D eigenvalue weighted by molar-refractivity contribution is -0.119. The Bertz CT molecular complexity index is 1230. The van der Waals surface area contributed by atoms with Crippen molar-refractivity contribution in [1.29, 1.82) is 0 Å². The summed E-state index contributed by atoms with van der Waals surface area (Å²) in [5.41, 5.74) is 1.68. The fraction of sp³-hybridized carbons (Fsp3) is 0.240. The number of sulfonamides is 1. The number of anilines is 1. The van der Waals surface area contributed by atoms with Gasteiger partial charge in [-0.3, -0.25) is 9.10 Å². The zero-order chi connectivity index (χ0) is 25.4. The van der Waals surface area contributed by atoms with Gasteiger partial charge >= 0.3 is 0 Å². The molecule has 0 atom stereocenters. The Morgan fingerprint density at radius 1 is 1.09 bits per heavy atom. The van der Waals surface area contributed by atoms with Crippen LogP contribution in [0.15, 0.2) is 71.6 Å². The second-order valence-corrected chi connectivity index (χ2v) is 11.0. The normalized spacial score (nSPS) is 11.2. The molecular formula is C25H26ClFN2O4S2. The minimum absolute atomic E-state index is 0.0871. The van der Waals surface area contributed by atoms with E-state index in [4.69, 9.17) is 16.3 Å². The number of halogens is 2. The zero-order valence-corrected chi connectivity index (χ0v) is 21.7. The fourth-order valence-electron chi connectivity index (χ4n) is 3.19. The molecule has 10 heteroatoms. The van der Waals surface area contributed by atoms with Crippen molar-refractivity contribution >= 4 is 45.0 Å². The van der Waals surface area contributed by atoms with Gasteiger partial charge in [-0.1, -0.05) is 35.4 Å². The number of hydrogen-bond donors (Lipinski definition) is 1. The summed E-state index contributed by atoms with van der Waals surface area (Å²) in [6.45, 7) is 1.76. The number of methoxy groups -OCH3 is 1. The van der Waals surface area contributed by atoms with Crippen molar-refractivity contribution in [3.05, 3.63) is 88.7 Å². The lowest BCUT2D eigenvalue weighted by atomic mass is 10.2. The highest BCUT2D eigenvalue weighted by molar-refractivity contribution is 7.98. The molecule has 0 heterocycles. The first-order valence-electron chi connectivity index (χ1n) is 10.7.